The van der Waals surface area contributed by atoms with Crippen LogP contribution in [0, 0.1) is 17.8 Å². The lowest BCUT2D eigenvalue weighted by molar-refractivity contribution is -0.141. The molecule has 3 N–H and O–H groups in total. The molecule has 10 heteroatoms. The lowest BCUT2D eigenvalue weighted by Crippen LogP contribution is -2.55. The van der Waals surface area contributed by atoms with Crippen molar-refractivity contribution in [1.82, 2.24) is 20.5 Å². The number of nitrogens with zero attached hydrogens (tertiary/aromatic N) is 1. The van der Waals surface area contributed by atoms with Gasteiger partial charge in [0, 0.05) is 35.8 Å². The molecule has 4 aliphatic rings. The van der Waals surface area contributed by atoms with E-state index in [0.717, 1.165) is 55.8 Å². The Hall–Kier alpha value is -3.69. The van der Waals surface area contributed by atoms with Crippen LogP contribution in [0.15, 0.2) is 24.3 Å². The van der Waals surface area contributed by atoms with Gasteiger partial charge in [0.25, 0.3) is 11.8 Å². The van der Waals surface area contributed by atoms with Crippen molar-refractivity contribution in [3.8, 4) is 5.75 Å². The standard InChI is InChI=1S/C31H38N4O6/c1-41-26-11-5-9-22-21(26)15-24(33-22)31(40)35-16-18-7-4-8-20(18)27(35)29(38)34-23(14-17-6-2-3-10-25(17)36)28(37)30(39)32-19-12-13-19/h5,9,11,15,17-20,23,27,33H,2-4,6-8,10,12-14,16H2,1H3,(H,32,39)(H,34,38)/t17-,18-,20-,23-,27-/m0/s1. The molecule has 0 bridgehead atoms. The van der Waals surface area contributed by atoms with Gasteiger partial charge in [-0.2, -0.15) is 0 Å². The molecule has 4 fully saturated rings. The third-order valence-corrected chi connectivity index (χ3v) is 9.47. The molecule has 0 radical (unpaired) electrons. The van der Waals surface area contributed by atoms with Gasteiger partial charge in [-0.25, -0.2) is 0 Å². The van der Waals surface area contributed by atoms with Gasteiger partial charge >= 0.3 is 0 Å². The van der Waals surface area contributed by atoms with Crippen molar-refractivity contribution in [3.05, 3.63) is 30.0 Å². The maximum absolute atomic E-state index is 14.0. The summed E-state index contributed by atoms with van der Waals surface area (Å²) in [6, 6.07) is 5.42. The highest BCUT2D eigenvalue weighted by molar-refractivity contribution is 6.38. The van der Waals surface area contributed by atoms with Crippen molar-refractivity contribution in [3.63, 3.8) is 0 Å². The number of ether oxygens (including phenoxy) is 1. The molecule has 0 spiro atoms. The summed E-state index contributed by atoms with van der Waals surface area (Å²) < 4.78 is 5.45. The Balaban J connectivity index is 1.25. The van der Waals surface area contributed by atoms with E-state index in [1.165, 1.54) is 0 Å². The fourth-order valence-electron chi connectivity index (χ4n) is 7.15. The second kappa shape index (κ2) is 11.3. The van der Waals surface area contributed by atoms with Crippen molar-refractivity contribution in [2.45, 2.75) is 82.3 Å². The molecule has 1 aromatic heterocycles. The van der Waals surface area contributed by atoms with E-state index in [1.807, 2.05) is 18.2 Å². The van der Waals surface area contributed by atoms with Gasteiger partial charge in [0.1, 0.15) is 23.3 Å². The first-order valence-corrected chi connectivity index (χ1v) is 15.0. The Morgan fingerprint density at radius 1 is 1.07 bits per heavy atom. The highest BCUT2D eigenvalue weighted by Gasteiger charge is 2.50. The van der Waals surface area contributed by atoms with Gasteiger partial charge < -0.3 is 25.3 Å². The first kappa shape index (κ1) is 27.5. The molecule has 1 saturated heterocycles. The number of ketones is 2. The number of carbonyl (C=O) groups is 5. The maximum Gasteiger partial charge on any atom is 0.289 e. The SMILES string of the molecule is COc1cccc2[nH]c(C(=O)N3C[C@@H]4CCC[C@@H]4[C@H]3C(=O)N[C@@H](C[C@@H]3CCCCC3=O)C(=O)C(=O)NC3CC3)cc12. The third-order valence-electron chi connectivity index (χ3n) is 9.47. The lowest BCUT2D eigenvalue weighted by Gasteiger charge is -2.30. The average molecular weight is 563 g/mol. The molecule has 2 heterocycles. The molecule has 1 aromatic carbocycles. The average Bonchev–Trinajstić information content (AvgIpc) is 3.34. The van der Waals surface area contributed by atoms with E-state index in [2.05, 4.69) is 15.6 Å². The summed E-state index contributed by atoms with van der Waals surface area (Å²) in [5.74, 6) is -1.62. The zero-order chi connectivity index (χ0) is 28.7. The summed E-state index contributed by atoms with van der Waals surface area (Å²) in [4.78, 5) is 71.4. The number of carbonyl (C=O) groups excluding carboxylic acids is 5. The smallest absolute Gasteiger partial charge is 0.289 e. The van der Waals surface area contributed by atoms with Gasteiger partial charge in [-0.3, -0.25) is 24.0 Å². The molecule has 3 amide bonds. The predicted octanol–water partition coefficient (Wildman–Crippen LogP) is 2.90. The minimum absolute atomic E-state index is 0.00348. The van der Waals surface area contributed by atoms with E-state index in [9.17, 15) is 24.0 Å². The number of aromatic amines is 1. The van der Waals surface area contributed by atoms with E-state index in [0.29, 0.717) is 30.8 Å². The number of Topliss-reactive ketones (excluding diaryl/α,β-unsaturated/α-hetero) is 2. The number of hydrogen-bond acceptors (Lipinski definition) is 6. The highest BCUT2D eigenvalue weighted by atomic mass is 16.5. The highest BCUT2D eigenvalue weighted by Crippen LogP contribution is 2.43. The Bertz CT molecular complexity index is 1380. The van der Waals surface area contributed by atoms with Gasteiger partial charge in [0.15, 0.2) is 0 Å². The Morgan fingerprint density at radius 2 is 1.90 bits per heavy atom. The number of fused-ring (bicyclic) bond motifs is 2. The third kappa shape index (κ3) is 5.48. The van der Waals surface area contributed by atoms with Crippen molar-refractivity contribution in [2.75, 3.05) is 13.7 Å². The first-order chi connectivity index (χ1) is 19.8. The molecule has 41 heavy (non-hydrogen) atoms. The molecule has 0 unspecified atom stereocenters. The monoisotopic (exact) mass is 562 g/mol. The van der Waals surface area contributed by atoms with E-state index in [1.54, 1.807) is 18.1 Å². The molecule has 10 nitrogen and oxygen atoms in total. The second-order valence-electron chi connectivity index (χ2n) is 12.2. The molecular formula is C31H38N4O6. The second-order valence-corrected chi connectivity index (χ2v) is 12.2. The number of amides is 3. The minimum atomic E-state index is -1.11. The largest absolute Gasteiger partial charge is 0.496 e. The molecule has 218 valence electrons. The quantitative estimate of drug-likeness (QED) is 0.402. The van der Waals surface area contributed by atoms with E-state index in [-0.39, 0.29) is 41.9 Å². The maximum atomic E-state index is 14.0. The van der Waals surface area contributed by atoms with Crippen LogP contribution in [0.2, 0.25) is 0 Å². The summed E-state index contributed by atoms with van der Waals surface area (Å²) in [5.41, 5.74) is 1.13. The lowest BCUT2D eigenvalue weighted by atomic mass is 9.82. The van der Waals surface area contributed by atoms with Gasteiger partial charge in [0.05, 0.1) is 13.2 Å². The number of nitrogens with one attached hydrogen (secondary N) is 3. The zero-order valence-corrected chi connectivity index (χ0v) is 23.4. The van der Waals surface area contributed by atoms with Crippen molar-refractivity contribution in [2.24, 2.45) is 17.8 Å². The summed E-state index contributed by atoms with van der Waals surface area (Å²) in [5, 5.41) is 6.38. The van der Waals surface area contributed by atoms with Crippen LogP contribution in [0.5, 0.6) is 5.75 Å². The van der Waals surface area contributed by atoms with Gasteiger partial charge in [0.2, 0.25) is 11.7 Å². The molecular weight excluding hydrogens is 524 g/mol. The topological polar surface area (TPSA) is 138 Å². The first-order valence-electron chi connectivity index (χ1n) is 15.0. The number of benzene rings is 1. The van der Waals surface area contributed by atoms with Gasteiger partial charge in [-0.15, -0.1) is 0 Å². The van der Waals surface area contributed by atoms with E-state index >= 15 is 0 Å². The fraction of sp³-hybridized carbons (Fsp3) is 0.581. The molecule has 3 saturated carbocycles. The molecule has 6 rings (SSSR count). The summed E-state index contributed by atoms with van der Waals surface area (Å²) in [7, 11) is 1.58. The van der Waals surface area contributed by atoms with Crippen LogP contribution in [0.25, 0.3) is 10.9 Å². The number of likely N-dealkylation sites (tertiary alicyclic amines) is 1. The van der Waals surface area contributed by atoms with Crippen molar-refractivity contribution >= 4 is 40.2 Å². The number of H-pyrrole nitrogens is 1. The summed E-state index contributed by atoms with van der Waals surface area (Å²) >= 11 is 0. The van der Waals surface area contributed by atoms with Crippen LogP contribution in [-0.2, 0) is 19.2 Å². The summed E-state index contributed by atoms with van der Waals surface area (Å²) in [6.45, 7) is 0.454. The van der Waals surface area contributed by atoms with Crippen LogP contribution in [0.3, 0.4) is 0 Å². The van der Waals surface area contributed by atoms with Gasteiger partial charge in [-0.05, 0) is 75.0 Å². The van der Waals surface area contributed by atoms with Crippen LogP contribution in [-0.4, -0.2) is 71.0 Å². The predicted molar refractivity (Wildman–Crippen MR) is 150 cm³/mol. The van der Waals surface area contributed by atoms with Crippen LogP contribution >= 0.6 is 0 Å². The number of methoxy groups -OCH3 is 1. The molecule has 1 aliphatic heterocycles. The van der Waals surface area contributed by atoms with E-state index < -0.39 is 29.7 Å². The Kier molecular flexibility index (Phi) is 7.57. The number of rotatable bonds is 9. The fourth-order valence-corrected chi connectivity index (χ4v) is 7.15. The Labute approximate surface area is 238 Å². The summed E-state index contributed by atoms with van der Waals surface area (Å²) in [6.07, 6.45) is 7.30. The molecule has 5 atom stereocenters. The molecule has 2 aromatic rings. The van der Waals surface area contributed by atoms with Gasteiger partial charge in [-0.1, -0.05) is 18.9 Å². The van der Waals surface area contributed by atoms with Crippen LogP contribution < -0.4 is 15.4 Å². The van der Waals surface area contributed by atoms with Crippen LogP contribution in [0.4, 0.5) is 0 Å². The minimum Gasteiger partial charge on any atom is -0.496 e. The van der Waals surface area contributed by atoms with Crippen molar-refractivity contribution in [1.29, 1.82) is 0 Å². The van der Waals surface area contributed by atoms with Crippen LogP contribution in [0.1, 0.15) is 74.7 Å². The zero-order valence-electron chi connectivity index (χ0n) is 23.4. The normalized spacial score (nSPS) is 26.5. The number of hydrogen-bond donors (Lipinski definition) is 3. The molecule has 3 aliphatic carbocycles. The van der Waals surface area contributed by atoms with E-state index in [4.69, 9.17) is 4.74 Å². The van der Waals surface area contributed by atoms with Crippen molar-refractivity contribution < 1.29 is 28.7 Å². The number of aromatic nitrogens is 1. The Morgan fingerprint density at radius 3 is 2.66 bits per heavy atom.